The minimum Gasteiger partial charge on any atom is -0.493 e. The van der Waals surface area contributed by atoms with Gasteiger partial charge in [-0.3, -0.25) is 0 Å². The molecule has 1 saturated heterocycles. The number of halogens is 1. The Morgan fingerprint density at radius 1 is 1.62 bits per heavy atom. The van der Waals surface area contributed by atoms with E-state index in [4.69, 9.17) is 14.7 Å². The van der Waals surface area contributed by atoms with Crippen LogP contribution in [0.2, 0.25) is 0 Å². The molecule has 2 heterocycles. The summed E-state index contributed by atoms with van der Waals surface area (Å²) in [7, 11) is 0. The molecule has 1 unspecified atom stereocenters. The molecule has 0 spiro atoms. The highest BCUT2D eigenvalue weighted by Crippen LogP contribution is 2.50. The van der Waals surface area contributed by atoms with E-state index >= 15 is 0 Å². The van der Waals surface area contributed by atoms with Crippen molar-refractivity contribution in [3.8, 4) is 0 Å². The van der Waals surface area contributed by atoms with Crippen molar-refractivity contribution < 1.29 is 19.1 Å². The molecule has 2 atom stereocenters. The number of amidine groups is 1. The Bertz CT molecular complexity index is 515. The molecule has 2 N–H and O–H groups in total. The Balaban J connectivity index is 1.70. The van der Waals surface area contributed by atoms with Crippen molar-refractivity contribution in [2.24, 2.45) is 16.5 Å². The van der Waals surface area contributed by atoms with Crippen molar-refractivity contribution >= 4 is 5.84 Å². The van der Waals surface area contributed by atoms with Gasteiger partial charge in [0.05, 0.1) is 13.2 Å². The van der Waals surface area contributed by atoms with E-state index in [1.54, 1.807) is 6.08 Å². The van der Waals surface area contributed by atoms with Gasteiger partial charge in [0.15, 0.2) is 0 Å². The predicted octanol–water partition coefficient (Wildman–Crippen LogP) is 1.86. The molecule has 2 aliphatic heterocycles. The molecule has 3 aliphatic rings. The van der Waals surface area contributed by atoms with Crippen LogP contribution in [-0.2, 0) is 9.57 Å². The van der Waals surface area contributed by atoms with E-state index in [1.165, 1.54) is 5.57 Å². The predicted molar refractivity (Wildman–Crippen MR) is 76.1 cm³/mol. The van der Waals surface area contributed by atoms with E-state index in [9.17, 15) is 4.39 Å². The largest absolute Gasteiger partial charge is 0.493 e. The van der Waals surface area contributed by atoms with Gasteiger partial charge in [0.2, 0.25) is 0 Å². The van der Waals surface area contributed by atoms with Crippen molar-refractivity contribution in [1.29, 1.82) is 0 Å². The van der Waals surface area contributed by atoms with E-state index < -0.39 is 5.41 Å². The van der Waals surface area contributed by atoms with Gasteiger partial charge >= 0.3 is 0 Å². The molecule has 21 heavy (non-hydrogen) atoms. The van der Waals surface area contributed by atoms with Gasteiger partial charge in [-0.05, 0) is 17.9 Å². The van der Waals surface area contributed by atoms with Crippen LogP contribution in [-0.4, -0.2) is 37.3 Å². The molecule has 1 fully saturated rings. The Hall–Kier alpha value is -1.56. The maximum absolute atomic E-state index is 14.6. The maximum Gasteiger partial charge on any atom is 0.142 e. The Kier molecular flexibility index (Phi) is 3.89. The molecule has 0 aromatic rings. The first-order valence-corrected chi connectivity index (χ1v) is 7.39. The third kappa shape index (κ3) is 2.64. The van der Waals surface area contributed by atoms with Crippen LogP contribution in [0.3, 0.4) is 0 Å². The maximum atomic E-state index is 14.6. The zero-order valence-electron chi connectivity index (χ0n) is 12.2. The van der Waals surface area contributed by atoms with Crippen LogP contribution in [0, 0.1) is 11.3 Å². The lowest BCUT2D eigenvalue weighted by molar-refractivity contribution is 0.0975. The molecule has 0 bridgehead atoms. The first kappa shape index (κ1) is 14.4. The Labute approximate surface area is 123 Å². The number of hydrogen-bond acceptors (Lipinski definition) is 4. The standard InChI is InChI=1S/C15H21FN2O3/c1-15(8-10-2-4-20-12(10)7-13(15)16)11-6-14(17-9-11)18-21-5-3-19/h7,11,19H,2-6,8-9H2,1H3,(H,17,18)/t11-,15?/m0/s1. The quantitative estimate of drug-likeness (QED) is 0.614. The van der Waals surface area contributed by atoms with Gasteiger partial charge in [-0.15, -0.1) is 0 Å². The first-order chi connectivity index (χ1) is 10.1. The summed E-state index contributed by atoms with van der Waals surface area (Å²) in [5.41, 5.74) is 0.717. The SMILES string of the molecule is CC1([C@@H]2CN/C(=N\OCCO)C2)CC2=C(C=C1F)OCC2. The third-order valence-corrected chi connectivity index (χ3v) is 4.64. The van der Waals surface area contributed by atoms with Gasteiger partial charge in [-0.2, -0.15) is 0 Å². The summed E-state index contributed by atoms with van der Waals surface area (Å²) in [6, 6.07) is 0. The zero-order valence-corrected chi connectivity index (χ0v) is 12.2. The van der Waals surface area contributed by atoms with Crippen LogP contribution in [0.4, 0.5) is 4.39 Å². The second kappa shape index (κ2) is 5.67. The topological polar surface area (TPSA) is 63.1 Å². The van der Waals surface area contributed by atoms with Gasteiger partial charge in [0.1, 0.15) is 24.0 Å². The van der Waals surface area contributed by atoms with Crippen molar-refractivity contribution in [1.82, 2.24) is 5.32 Å². The minimum absolute atomic E-state index is 0.0633. The van der Waals surface area contributed by atoms with Crippen molar-refractivity contribution in [2.75, 3.05) is 26.4 Å². The number of nitrogens with zero attached hydrogens (tertiary/aromatic N) is 1. The highest BCUT2D eigenvalue weighted by atomic mass is 19.1. The number of allylic oxidation sites excluding steroid dienone is 2. The van der Waals surface area contributed by atoms with Gasteiger partial charge < -0.3 is 20.0 Å². The molecule has 5 nitrogen and oxygen atoms in total. The number of aliphatic hydroxyl groups excluding tert-OH is 1. The number of oxime groups is 1. The molecule has 0 amide bonds. The normalized spacial score (nSPS) is 33.6. The second-order valence-corrected chi connectivity index (χ2v) is 6.03. The van der Waals surface area contributed by atoms with E-state index in [2.05, 4.69) is 10.5 Å². The van der Waals surface area contributed by atoms with Crippen LogP contribution >= 0.6 is 0 Å². The van der Waals surface area contributed by atoms with E-state index in [0.29, 0.717) is 26.0 Å². The molecule has 0 radical (unpaired) electrons. The lowest BCUT2D eigenvalue weighted by atomic mass is 9.68. The molecular weight excluding hydrogens is 275 g/mol. The fraction of sp³-hybridized carbons (Fsp3) is 0.667. The zero-order chi connectivity index (χ0) is 14.9. The smallest absolute Gasteiger partial charge is 0.142 e. The van der Waals surface area contributed by atoms with Crippen molar-refractivity contribution in [3.63, 3.8) is 0 Å². The summed E-state index contributed by atoms with van der Waals surface area (Å²) < 4.78 is 20.0. The van der Waals surface area contributed by atoms with Crippen LogP contribution in [0.25, 0.3) is 0 Å². The van der Waals surface area contributed by atoms with Gasteiger partial charge in [-0.25, -0.2) is 4.39 Å². The van der Waals surface area contributed by atoms with E-state index in [0.717, 1.165) is 18.0 Å². The summed E-state index contributed by atoms with van der Waals surface area (Å²) in [5.74, 6) is 1.49. The molecule has 3 rings (SSSR count). The van der Waals surface area contributed by atoms with Crippen molar-refractivity contribution in [3.05, 3.63) is 23.2 Å². The third-order valence-electron chi connectivity index (χ3n) is 4.64. The fourth-order valence-corrected chi connectivity index (χ4v) is 3.28. The summed E-state index contributed by atoms with van der Waals surface area (Å²) in [6.07, 6.45) is 3.83. The summed E-state index contributed by atoms with van der Waals surface area (Å²) in [5, 5.41) is 15.8. The first-order valence-electron chi connectivity index (χ1n) is 7.39. The molecule has 0 aromatic heterocycles. The summed E-state index contributed by atoms with van der Waals surface area (Å²) >= 11 is 0. The molecule has 116 valence electrons. The minimum atomic E-state index is -0.506. The number of nitrogens with one attached hydrogen (secondary N) is 1. The van der Waals surface area contributed by atoms with Gasteiger partial charge in [0, 0.05) is 30.9 Å². The Morgan fingerprint density at radius 2 is 2.48 bits per heavy atom. The van der Waals surface area contributed by atoms with Crippen LogP contribution in [0.15, 0.2) is 28.4 Å². The van der Waals surface area contributed by atoms with Gasteiger partial charge in [-0.1, -0.05) is 12.1 Å². The number of rotatable bonds is 4. The van der Waals surface area contributed by atoms with Crippen LogP contribution < -0.4 is 5.32 Å². The van der Waals surface area contributed by atoms with Crippen LogP contribution in [0.1, 0.15) is 26.2 Å². The molecule has 6 heteroatoms. The Morgan fingerprint density at radius 3 is 3.29 bits per heavy atom. The number of hydrogen-bond donors (Lipinski definition) is 2. The fourth-order valence-electron chi connectivity index (χ4n) is 3.28. The second-order valence-electron chi connectivity index (χ2n) is 6.03. The van der Waals surface area contributed by atoms with Crippen molar-refractivity contribution in [2.45, 2.75) is 26.2 Å². The average molecular weight is 296 g/mol. The lowest BCUT2D eigenvalue weighted by Crippen LogP contribution is -2.32. The highest BCUT2D eigenvalue weighted by Gasteiger charge is 2.45. The molecule has 0 aromatic carbocycles. The highest BCUT2D eigenvalue weighted by molar-refractivity contribution is 5.84. The average Bonchev–Trinajstić information content (AvgIpc) is 3.09. The molecule has 0 saturated carbocycles. The number of ether oxygens (including phenoxy) is 1. The summed E-state index contributed by atoms with van der Waals surface area (Å²) in [6.45, 7) is 3.43. The summed E-state index contributed by atoms with van der Waals surface area (Å²) in [4.78, 5) is 4.97. The monoisotopic (exact) mass is 296 g/mol. The molecular formula is C15H21FN2O3. The van der Waals surface area contributed by atoms with Crippen LogP contribution in [0.5, 0.6) is 0 Å². The van der Waals surface area contributed by atoms with E-state index in [1.807, 2.05) is 6.92 Å². The molecule has 1 aliphatic carbocycles. The van der Waals surface area contributed by atoms with E-state index in [-0.39, 0.29) is 25.0 Å². The van der Waals surface area contributed by atoms with Gasteiger partial charge in [0.25, 0.3) is 0 Å². The number of aliphatic hydroxyl groups is 1. The lowest BCUT2D eigenvalue weighted by Gasteiger charge is -2.36.